The van der Waals surface area contributed by atoms with E-state index >= 15 is 0 Å². The summed E-state index contributed by atoms with van der Waals surface area (Å²) in [6, 6.07) is 1.52. The summed E-state index contributed by atoms with van der Waals surface area (Å²) in [6.45, 7) is -0.0213. The molecule has 0 spiro atoms. The summed E-state index contributed by atoms with van der Waals surface area (Å²) >= 11 is 0. The summed E-state index contributed by atoms with van der Waals surface area (Å²) in [4.78, 5) is 9.29. The van der Waals surface area contributed by atoms with Crippen LogP contribution >= 0.6 is 0 Å². The third kappa shape index (κ3) is 2.44. The van der Waals surface area contributed by atoms with Gasteiger partial charge < -0.3 is 15.4 Å². The predicted molar refractivity (Wildman–Crippen MR) is 59.0 cm³/mol. The van der Waals surface area contributed by atoms with E-state index in [1.165, 1.54) is 24.3 Å². The molecule has 0 saturated carbocycles. The third-order valence-corrected chi connectivity index (χ3v) is 2.77. The van der Waals surface area contributed by atoms with Gasteiger partial charge in [0.25, 0.3) is 5.92 Å². The molecule has 2 heterocycles. The molecule has 0 bridgehead atoms. The summed E-state index contributed by atoms with van der Waals surface area (Å²) < 4.78 is 32.1. The lowest BCUT2D eigenvalue weighted by Gasteiger charge is -2.37. The fourth-order valence-corrected chi connectivity index (χ4v) is 1.89. The van der Waals surface area contributed by atoms with E-state index in [9.17, 15) is 8.78 Å². The van der Waals surface area contributed by atoms with Gasteiger partial charge in [0.15, 0.2) is 0 Å². The fraction of sp³-hybridized carbons (Fsp3) is 0.600. The number of halogens is 2. The topological polar surface area (TPSA) is 64.3 Å². The van der Waals surface area contributed by atoms with Gasteiger partial charge in [-0.2, -0.15) is 4.98 Å². The van der Waals surface area contributed by atoms with Crippen LogP contribution in [0.1, 0.15) is 6.42 Å². The van der Waals surface area contributed by atoms with Crippen molar-refractivity contribution in [2.24, 2.45) is 0 Å². The highest BCUT2D eigenvalue weighted by molar-refractivity contribution is 5.38. The highest BCUT2D eigenvalue weighted by Gasteiger charge is 2.45. The number of alkyl halides is 2. The van der Waals surface area contributed by atoms with Crippen LogP contribution in [-0.4, -0.2) is 42.2 Å². The molecular formula is C10H14F2N4O. The Kier molecular flexibility index (Phi) is 3.10. The highest BCUT2D eigenvalue weighted by atomic mass is 19.3. The number of nitrogen functional groups attached to an aromatic ring is 1. The summed E-state index contributed by atoms with van der Waals surface area (Å²) in [5.74, 6) is -2.40. The molecule has 1 atom stereocenters. The van der Waals surface area contributed by atoms with Crippen LogP contribution < -0.4 is 10.6 Å². The first-order valence-corrected chi connectivity index (χ1v) is 5.27. The van der Waals surface area contributed by atoms with Crippen LogP contribution in [0.25, 0.3) is 0 Å². The highest BCUT2D eigenvalue weighted by Crippen LogP contribution is 2.30. The number of hydrogen-bond donors (Lipinski definition) is 1. The quantitative estimate of drug-likeness (QED) is 0.838. The van der Waals surface area contributed by atoms with Crippen molar-refractivity contribution >= 4 is 11.8 Å². The lowest BCUT2D eigenvalue weighted by atomic mass is 10.0. The Morgan fingerprint density at radius 2 is 2.35 bits per heavy atom. The average molecular weight is 244 g/mol. The zero-order valence-corrected chi connectivity index (χ0v) is 9.44. The molecule has 2 N–H and O–H groups in total. The SMILES string of the molecule is CO[C@@H]1CCN(c2nccc(N)n2)CC1(F)F. The molecule has 0 amide bonds. The molecule has 5 nitrogen and oxygen atoms in total. The van der Waals surface area contributed by atoms with Crippen LogP contribution in [0.4, 0.5) is 20.5 Å². The third-order valence-electron chi connectivity index (χ3n) is 2.77. The average Bonchev–Trinajstić information content (AvgIpc) is 2.27. The second-order valence-electron chi connectivity index (χ2n) is 3.98. The molecule has 17 heavy (non-hydrogen) atoms. The first-order chi connectivity index (χ1) is 8.03. The second-order valence-corrected chi connectivity index (χ2v) is 3.98. The standard InChI is InChI=1S/C10H14F2N4O/c1-17-7-3-5-16(6-10(7,11)12)9-14-4-2-8(13)15-9/h2,4,7H,3,5-6H2,1H3,(H2,13,14,15)/t7-/m1/s1. The first-order valence-electron chi connectivity index (χ1n) is 5.27. The van der Waals surface area contributed by atoms with Crippen LogP contribution in [0.5, 0.6) is 0 Å². The van der Waals surface area contributed by atoms with E-state index in [1.54, 1.807) is 0 Å². The number of methoxy groups -OCH3 is 1. The molecule has 1 fully saturated rings. The van der Waals surface area contributed by atoms with Gasteiger partial charge in [0.05, 0.1) is 6.54 Å². The Morgan fingerprint density at radius 1 is 1.59 bits per heavy atom. The van der Waals surface area contributed by atoms with Crippen molar-refractivity contribution in [3.05, 3.63) is 12.3 Å². The molecule has 0 aromatic carbocycles. The largest absolute Gasteiger partial charge is 0.384 e. The summed E-state index contributed by atoms with van der Waals surface area (Å²) in [7, 11) is 1.30. The maximum atomic E-state index is 13.7. The lowest BCUT2D eigenvalue weighted by molar-refractivity contribution is -0.129. The van der Waals surface area contributed by atoms with Gasteiger partial charge >= 0.3 is 0 Å². The number of rotatable bonds is 2. The molecule has 1 saturated heterocycles. The molecule has 94 valence electrons. The van der Waals surface area contributed by atoms with Crippen LogP contribution in [0.3, 0.4) is 0 Å². The van der Waals surface area contributed by atoms with Gasteiger partial charge in [-0.15, -0.1) is 0 Å². The Balaban J connectivity index is 2.15. The summed E-state index contributed by atoms with van der Waals surface area (Å²) in [6.07, 6.45) is 0.652. The molecule has 7 heteroatoms. The van der Waals surface area contributed by atoms with E-state index in [-0.39, 0.29) is 18.2 Å². The van der Waals surface area contributed by atoms with Crippen molar-refractivity contribution in [3.8, 4) is 0 Å². The molecule has 1 aliphatic rings. The number of nitrogens with two attached hydrogens (primary N) is 1. The van der Waals surface area contributed by atoms with E-state index in [4.69, 9.17) is 10.5 Å². The maximum absolute atomic E-state index is 13.7. The number of piperidine rings is 1. The van der Waals surface area contributed by atoms with Crippen molar-refractivity contribution in [2.45, 2.75) is 18.4 Å². The van der Waals surface area contributed by atoms with Gasteiger partial charge in [-0.25, -0.2) is 13.8 Å². The van der Waals surface area contributed by atoms with Gasteiger partial charge in [-0.1, -0.05) is 0 Å². The fourth-order valence-electron chi connectivity index (χ4n) is 1.89. The smallest absolute Gasteiger partial charge is 0.290 e. The molecule has 1 aliphatic heterocycles. The van der Waals surface area contributed by atoms with Gasteiger partial charge in [-0.3, -0.25) is 0 Å². The van der Waals surface area contributed by atoms with Gasteiger partial charge in [0, 0.05) is 19.9 Å². The number of aromatic nitrogens is 2. The Hall–Kier alpha value is -1.50. The van der Waals surface area contributed by atoms with Gasteiger partial charge in [-0.05, 0) is 12.5 Å². The first kappa shape index (κ1) is 12.0. The molecular weight excluding hydrogens is 230 g/mol. The number of anilines is 2. The molecule has 0 unspecified atom stereocenters. The lowest BCUT2D eigenvalue weighted by Crippen LogP contribution is -2.52. The minimum absolute atomic E-state index is 0.235. The van der Waals surface area contributed by atoms with E-state index in [2.05, 4.69) is 9.97 Å². The summed E-state index contributed by atoms with van der Waals surface area (Å²) in [5.41, 5.74) is 5.50. The Bertz CT molecular complexity index is 402. The molecule has 0 aliphatic carbocycles. The van der Waals surface area contributed by atoms with Crippen LogP contribution in [0.15, 0.2) is 12.3 Å². The monoisotopic (exact) mass is 244 g/mol. The Labute approximate surface area is 97.6 Å². The van der Waals surface area contributed by atoms with Crippen molar-refractivity contribution < 1.29 is 13.5 Å². The zero-order chi connectivity index (χ0) is 12.5. The molecule has 0 radical (unpaired) electrons. The minimum atomic E-state index is -2.90. The molecule has 2 rings (SSSR count). The minimum Gasteiger partial charge on any atom is -0.384 e. The molecule has 1 aromatic heterocycles. The normalized spacial score (nSPS) is 23.7. The second kappa shape index (κ2) is 4.40. The van der Waals surface area contributed by atoms with Crippen LogP contribution in [0, 0.1) is 0 Å². The zero-order valence-electron chi connectivity index (χ0n) is 9.44. The predicted octanol–water partition coefficient (Wildman–Crippen LogP) is 0.919. The van der Waals surface area contributed by atoms with E-state index in [0.29, 0.717) is 6.54 Å². The summed E-state index contributed by atoms with van der Waals surface area (Å²) in [5, 5.41) is 0. The number of nitrogens with zero attached hydrogens (tertiary/aromatic N) is 3. The van der Waals surface area contributed by atoms with Crippen molar-refractivity contribution in [1.29, 1.82) is 0 Å². The van der Waals surface area contributed by atoms with E-state index in [1.807, 2.05) is 0 Å². The van der Waals surface area contributed by atoms with E-state index < -0.39 is 18.6 Å². The van der Waals surface area contributed by atoms with Gasteiger partial charge in [0.1, 0.15) is 11.9 Å². The van der Waals surface area contributed by atoms with E-state index in [0.717, 1.165) is 0 Å². The van der Waals surface area contributed by atoms with Crippen LogP contribution in [0.2, 0.25) is 0 Å². The van der Waals surface area contributed by atoms with Crippen molar-refractivity contribution in [2.75, 3.05) is 30.8 Å². The molecule has 1 aromatic rings. The number of ether oxygens (including phenoxy) is 1. The maximum Gasteiger partial charge on any atom is 0.290 e. The van der Waals surface area contributed by atoms with Crippen molar-refractivity contribution in [1.82, 2.24) is 9.97 Å². The van der Waals surface area contributed by atoms with Crippen LogP contribution in [-0.2, 0) is 4.74 Å². The Morgan fingerprint density at radius 3 is 2.94 bits per heavy atom. The van der Waals surface area contributed by atoms with Crippen molar-refractivity contribution in [3.63, 3.8) is 0 Å². The van der Waals surface area contributed by atoms with Gasteiger partial charge in [0.2, 0.25) is 5.95 Å². The number of hydrogen-bond acceptors (Lipinski definition) is 5.